The zero-order valence-electron chi connectivity index (χ0n) is 9.64. The van der Waals surface area contributed by atoms with E-state index in [9.17, 15) is 0 Å². The molecule has 2 heteroatoms. The molecule has 15 heavy (non-hydrogen) atoms. The van der Waals surface area contributed by atoms with Gasteiger partial charge in [0.05, 0.1) is 5.69 Å². The lowest BCUT2D eigenvalue weighted by atomic mass is 10.1. The van der Waals surface area contributed by atoms with Gasteiger partial charge in [0, 0.05) is 12.4 Å². The number of nitrogens with zero attached hydrogens (tertiary/aromatic N) is 2. The van der Waals surface area contributed by atoms with Crippen LogP contribution in [-0.2, 0) is 6.42 Å². The third-order valence-corrected chi connectivity index (χ3v) is 2.09. The number of aryl methyl sites for hydroxylation is 1. The van der Waals surface area contributed by atoms with Crippen LogP contribution in [0.1, 0.15) is 26.3 Å². The zero-order valence-corrected chi connectivity index (χ0v) is 9.64. The Kier molecular flexibility index (Phi) is 4.61. The Bertz CT molecular complexity index is 377. The van der Waals surface area contributed by atoms with Crippen molar-refractivity contribution in [3.63, 3.8) is 0 Å². The highest BCUT2D eigenvalue weighted by atomic mass is 15.3. The molecule has 2 aromatic rings. The molecule has 1 heterocycles. The van der Waals surface area contributed by atoms with Gasteiger partial charge in [0.25, 0.3) is 0 Å². The van der Waals surface area contributed by atoms with Gasteiger partial charge in [-0.3, -0.25) is 0 Å². The van der Waals surface area contributed by atoms with Crippen LogP contribution in [0.5, 0.6) is 0 Å². The van der Waals surface area contributed by atoms with Gasteiger partial charge in [-0.05, 0) is 30.2 Å². The molecule has 0 spiro atoms. The number of aromatic nitrogens is 2. The average molecular weight is 202 g/mol. The van der Waals surface area contributed by atoms with Crippen molar-refractivity contribution in [3.8, 4) is 5.69 Å². The summed E-state index contributed by atoms with van der Waals surface area (Å²) in [6.07, 6.45) is 4.81. The van der Waals surface area contributed by atoms with E-state index in [0.717, 1.165) is 12.1 Å². The average Bonchev–Trinajstić information content (AvgIpc) is 2.85. The third-order valence-electron chi connectivity index (χ3n) is 2.09. The van der Waals surface area contributed by atoms with E-state index in [1.165, 1.54) is 5.56 Å². The minimum absolute atomic E-state index is 1.06. The zero-order chi connectivity index (χ0) is 11.1. The molecule has 0 saturated heterocycles. The van der Waals surface area contributed by atoms with Crippen molar-refractivity contribution in [3.05, 3.63) is 48.3 Å². The first-order valence-electron chi connectivity index (χ1n) is 5.49. The smallest absolute Gasteiger partial charge is 0.0648 e. The quantitative estimate of drug-likeness (QED) is 0.729. The van der Waals surface area contributed by atoms with Crippen LogP contribution in [0.3, 0.4) is 0 Å². The van der Waals surface area contributed by atoms with E-state index in [1.54, 1.807) is 6.20 Å². The van der Waals surface area contributed by atoms with Crippen LogP contribution in [0.15, 0.2) is 42.7 Å². The summed E-state index contributed by atoms with van der Waals surface area (Å²) in [6.45, 7) is 6.15. The summed E-state index contributed by atoms with van der Waals surface area (Å²) in [5.41, 5.74) is 2.47. The molecule has 2 rings (SSSR count). The molecule has 2 nitrogen and oxygen atoms in total. The van der Waals surface area contributed by atoms with Gasteiger partial charge in [-0.25, -0.2) is 4.68 Å². The van der Waals surface area contributed by atoms with Crippen LogP contribution in [-0.4, -0.2) is 9.78 Å². The maximum Gasteiger partial charge on any atom is 0.0648 e. The van der Waals surface area contributed by atoms with Crippen LogP contribution < -0.4 is 0 Å². The van der Waals surface area contributed by atoms with E-state index in [-0.39, 0.29) is 0 Å². The van der Waals surface area contributed by atoms with Crippen LogP contribution in [0, 0.1) is 0 Å². The molecule has 1 aromatic carbocycles. The Labute approximate surface area is 91.6 Å². The van der Waals surface area contributed by atoms with Gasteiger partial charge in [-0.1, -0.05) is 32.9 Å². The lowest BCUT2D eigenvalue weighted by Gasteiger charge is -2.02. The summed E-state index contributed by atoms with van der Waals surface area (Å²) in [6, 6.07) is 10.3. The van der Waals surface area contributed by atoms with Crippen LogP contribution in [0.2, 0.25) is 0 Å². The highest BCUT2D eigenvalue weighted by molar-refractivity contribution is 5.34. The monoisotopic (exact) mass is 202 g/mol. The first-order valence-corrected chi connectivity index (χ1v) is 5.49. The Balaban J connectivity index is 0.000000531. The summed E-state index contributed by atoms with van der Waals surface area (Å²) in [7, 11) is 0. The second-order valence-electron chi connectivity index (χ2n) is 2.97. The SMILES string of the molecule is CC.CCc1cccc(-n2cccn2)c1. The lowest BCUT2D eigenvalue weighted by molar-refractivity contribution is 0.877. The molecule has 0 atom stereocenters. The minimum atomic E-state index is 1.06. The highest BCUT2D eigenvalue weighted by Gasteiger charge is 1.95. The fourth-order valence-electron chi connectivity index (χ4n) is 1.34. The molecule has 0 N–H and O–H groups in total. The van der Waals surface area contributed by atoms with Crippen molar-refractivity contribution in [2.75, 3.05) is 0 Å². The molecule has 0 fully saturated rings. The minimum Gasteiger partial charge on any atom is -0.241 e. The molecule has 1 aromatic heterocycles. The third kappa shape index (κ3) is 2.94. The summed E-state index contributed by atoms with van der Waals surface area (Å²) >= 11 is 0. The molecule has 0 unspecified atom stereocenters. The summed E-state index contributed by atoms with van der Waals surface area (Å²) in [5, 5.41) is 4.18. The van der Waals surface area contributed by atoms with Crippen molar-refractivity contribution in [2.24, 2.45) is 0 Å². The van der Waals surface area contributed by atoms with Crippen molar-refractivity contribution in [1.29, 1.82) is 0 Å². The largest absolute Gasteiger partial charge is 0.241 e. The molecular weight excluding hydrogens is 184 g/mol. The Morgan fingerprint density at radius 1 is 1.20 bits per heavy atom. The topological polar surface area (TPSA) is 17.8 Å². The van der Waals surface area contributed by atoms with Crippen LogP contribution in [0.25, 0.3) is 5.69 Å². The fourth-order valence-corrected chi connectivity index (χ4v) is 1.34. The Hall–Kier alpha value is -1.57. The molecule has 0 aliphatic rings. The Morgan fingerprint density at radius 2 is 2.00 bits per heavy atom. The van der Waals surface area contributed by atoms with E-state index in [1.807, 2.05) is 30.8 Å². The standard InChI is InChI=1S/C11H12N2.C2H6/c1-2-10-5-3-6-11(9-10)13-8-4-7-12-13;1-2/h3-9H,2H2,1H3;1-2H3. The maximum atomic E-state index is 4.18. The number of benzene rings is 1. The molecule has 0 aliphatic heterocycles. The molecular formula is C13H18N2. The highest BCUT2D eigenvalue weighted by Crippen LogP contribution is 2.09. The van der Waals surface area contributed by atoms with E-state index in [0.29, 0.717) is 0 Å². The van der Waals surface area contributed by atoms with Crippen LogP contribution in [0.4, 0.5) is 0 Å². The Morgan fingerprint density at radius 3 is 2.60 bits per heavy atom. The van der Waals surface area contributed by atoms with E-state index >= 15 is 0 Å². The number of rotatable bonds is 2. The maximum absolute atomic E-state index is 4.18. The van der Waals surface area contributed by atoms with E-state index in [4.69, 9.17) is 0 Å². The van der Waals surface area contributed by atoms with Crippen molar-refractivity contribution < 1.29 is 0 Å². The summed E-state index contributed by atoms with van der Waals surface area (Å²) < 4.78 is 1.87. The predicted molar refractivity (Wildman–Crippen MR) is 64.3 cm³/mol. The predicted octanol–water partition coefficient (Wildman–Crippen LogP) is 3.46. The molecule has 80 valence electrons. The van der Waals surface area contributed by atoms with E-state index in [2.05, 4.69) is 36.3 Å². The number of hydrogen-bond acceptors (Lipinski definition) is 1. The molecule has 0 amide bonds. The van der Waals surface area contributed by atoms with Gasteiger partial charge >= 0.3 is 0 Å². The fraction of sp³-hybridized carbons (Fsp3) is 0.308. The van der Waals surface area contributed by atoms with Crippen molar-refractivity contribution in [1.82, 2.24) is 9.78 Å². The first kappa shape index (κ1) is 11.5. The molecule has 0 aliphatic carbocycles. The molecule has 0 radical (unpaired) electrons. The van der Waals surface area contributed by atoms with Gasteiger partial charge in [0.15, 0.2) is 0 Å². The first-order chi connectivity index (χ1) is 7.40. The molecule has 0 bridgehead atoms. The summed E-state index contributed by atoms with van der Waals surface area (Å²) in [4.78, 5) is 0. The van der Waals surface area contributed by atoms with Gasteiger partial charge in [0.2, 0.25) is 0 Å². The number of hydrogen-bond donors (Lipinski definition) is 0. The van der Waals surface area contributed by atoms with Crippen molar-refractivity contribution >= 4 is 0 Å². The summed E-state index contributed by atoms with van der Waals surface area (Å²) in [5.74, 6) is 0. The second kappa shape index (κ2) is 6.02. The van der Waals surface area contributed by atoms with Crippen LogP contribution >= 0.6 is 0 Å². The van der Waals surface area contributed by atoms with Gasteiger partial charge in [0.1, 0.15) is 0 Å². The lowest BCUT2D eigenvalue weighted by Crippen LogP contribution is -1.94. The van der Waals surface area contributed by atoms with Gasteiger partial charge in [-0.2, -0.15) is 5.10 Å². The van der Waals surface area contributed by atoms with Gasteiger partial charge in [-0.15, -0.1) is 0 Å². The second-order valence-corrected chi connectivity index (χ2v) is 2.97. The van der Waals surface area contributed by atoms with Gasteiger partial charge < -0.3 is 0 Å². The van der Waals surface area contributed by atoms with E-state index < -0.39 is 0 Å². The normalized spacial score (nSPS) is 9.27. The molecule has 0 saturated carbocycles. The van der Waals surface area contributed by atoms with Crippen molar-refractivity contribution in [2.45, 2.75) is 27.2 Å².